The molecule has 0 aliphatic rings. The van der Waals surface area contributed by atoms with Crippen LogP contribution in [0.15, 0.2) is 53.3 Å². The maximum atomic E-state index is 13.7. The van der Waals surface area contributed by atoms with E-state index in [9.17, 15) is 18.4 Å². The van der Waals surface area contributed by atoms with Crippen LogP contribution in [0.25, 0.3) is 16.8 Å². The van der Waals surface area contributed by atoms with Gasteiger partial charge in [0.05, 0.1) is 12.1 Å². The van der Waals surface area contributed by atoms with Gasteiger partial charge in [0.2, 0.25) is 5.91 Å². The van der Waals surface area contributed by atoms with Gasteiger partial charge in [0.25, 0.3) is 5.56 Å². The Balaban J connectivity index is 1.64. The Hall–Kier alpha value is -3.88. The number of aromatic nitrogens is 4. The van der Waals surface area contributed by atoms with Crippen LogP contribution in [0.1, 0.15) is 11.4 Å². The third-order valence-electron chi connectivity index (χ3n) is 4.39. The van der Waals surface area contributed by atoms with Gasteiger partial charge >= 0.3 is 0 Å². The Labute approximate surface area is 163 Å². The fourth-order valence-corrected chi connectivity index (χ4v) is 2.86. The molecule has 2 aromatic heterocycles. The predicted molar refractivity (Wildman–Crippen MR) is 102 cm³/mol. The maximum absolute atomic E-state index is 13.7. The molecule has 9 heteroatoms. The van der Waals surface area contributed by atoms with Crippen LogP contribution in [0.2, 0.25) is 0 Å². The van der Waals surface area contributed by atoms with Crippen molar-refractivity contribution in [3.05, 3.63) is 81.9 Å². The van der Waals surface area contributed by atoms with E-state index in [4.69, 9.17) is 0 Å². The number of rotatable bonds is 4. The number of hydrogen-bond donors (Lipinski definition) is 2. The summed E-state index contributed by atoms with van der Waals surface area (Å²) in [6.07, 6.45) is -0.201. The maximum Gasteiger partial charge on any atom is 0.290 e. The van der Waals surface area contributed by atoms with Crippen molar-refractivity contribution in [2.45, 2.75) is 13.3 Å². The summed E-state index contributed by atoms with van der Waals surface area (Å²) < 4.78 is 28.1. The number of benzene rings is 2. The molecule has 0 bridgehead atoms. The molecule has 2 N–H and O–H groups in total. The molecule has 0 atom stereocenters. The Morgan fingerprint density at radius 1 is 1.14 bits per heavy atom. The summed E-state index contributed by atoms with van der Waals surface area (Å²) >= 11 is 0. The van der Waals surface area contributed by atoms with Gasteiger partial charge < -0.3 is 5.32 Å². The second-order valence-corrected chi connectivity index (χ2v) is 6.49. The first-order chi connectivity index (χ1) is 13.9. The number of carbonyl (C=O) groups excluding carboxylic acids is 1. The minimum atomic E-state index is -0.476. The molecule has 0 aliphatic heterocycles. The molecule has 29 heavy (non-hydrogen) atoms. The molecule has 2 heterocycles. The summed E-state index contributed by atoms with van der Waals surface area (Å²) in [4.78, 5) is 24.5. The van der Waals surface area contributed by atoms with Crippen LogP contribution in [0.3, 0.4) is 0 Å². The molecule has 4 aromatic rings. The van der Waals surface area contributed by atoms with Crippen molar-refractivity contribution in [2.75, 3.05) is 5.32 Å². The molecular weight excluding hydrogens is 380 g/mol. The van der Waals surface area contributed by atoms with E-state index in [2.05, 4.69) is 20.6 Å². The number of carbonyl (C=O) groups is 1. The van der Waals surface area contributed by atoms with Gasteiger partial charge in [-0.1, -0.05) is 6.07 Å². The zero-order valence-corrected chi connectivity index (χ0v) is 15.2. The number of aryl methyl sites for hydroxylation is 1. The zero-order valence-electron chi connectivity index (χ0n) is 15.2. The SMILES string of the molecule is Cc1ccc(NC(=O)Cc2n[nH]c(=O)c3cc(-c4ccc(F)cc4)nn23)cc1F. The predicted octanol–water partition coefficient (Wildman–Crippen LogP) is 2.85. The normalized spacial score (nSPS) is 11.0. The van der Waals surface area contributed by atoms with Crippen LogP contribution >= 0.6 is 0 Å². The number of amides is 1. The molecule has 0 saturated carbocycles. The molecule has 1 amide bonds. The summed E-state index contributed by atoms with van der Waals surface area (Å²) in [5.74, 6) is -1.07. The summed E-state index contributed by atoms with van der Waals surface area (Å²) in [5, 5.41) is 13.2. The number of aromatic amines is 1. The van der Waals surface area contributed by atoms with Gasteiger partial charge in [-0.25, -0.2) is 18.4 Å². The second kappa shape index (κ2) is 7.27. The van der Waals surface area contributed by atoms with Crippen molar-refractivity contribution < 1.29 is 13.6 Å². The van der Waals surface area contributed by atoms with Crippen LogP contribution in [0.4, 0.5) is 14.5 Å². The van der Waals surface area contributed by atoms with E-state index in [0.29, 0.717) is 22.5 Å². The van der Waals surface area contributed by atoms with Crippen molar-refractivity contribution >= 4 is 17.1 Å². The minimum Gasteiger partial charge on any atom is -0.326 e. The molecular formula is C20H15F2N5O2. The van der Waals surface area contributed by atoms with E-state index in [1.54, 1.807) is 19.1 Å². The molecule has 0 spiro atoms. The van der Waals surface area contributed by atoms with E-state index in [-0.39, 0.29) is 23.6 Å². The van der Waals surface area contributed by atoms with E-state index in [0.717, 1.165) is 0 Å². The van der Waals surface area contributed by atoms with Gasteiger partial charge in [0, 0.05) is 11.3 Å². The average Bonchev–Trinajstić information content (AvgIpc) is 3.14. The van der Waals surface area contributed by atoms with Crippen molar-refractivity contribution in [2.24, 2.45) is 0 Å². The summed E-state index contributed by atoms with van der Waals surface area (Å²) in [6, 6.07) is 11.6. The van der Waals surface area contributed by atoms with E-state index in [1.165, 1.54) is 40.9 Å². The molecule has 0 fully saturated rings. The minimum absolute atomic E-state index is 0.193. The molecule has 0 radical (unpaired) electrons. The Morgan fingerprint density at radius 2 is 1.90 bits per heavy atom. The first-order valence-electron chi connectivity index (χ1n) is 8.70. The number of anilines is 1. The summed E-state index contributed by atoms with van der Waals surface area (Å²) in [7, 11) is 0. The summed E-state index contributed by atoms with van der Waals surface area (Å²) in [6.45, 7) is 1.62. The second-order valence-electron chi connectivity index (χ2n) is 6.49. The van der Waals surface area contributed by atoms with Crippen molar-refractivity contribution in [1.29, 1.82) is 0 Å². The Morgan fingerprint density at radius 3 is 2.62 bits per heavy atom. The van der Waals surface area contributed by atoms with E-state index < -0.39 is 17.3 Å². The lowest BCUT2D eigenvalue weighted by Gasteiger charge is -2.07. The monoisotopic (exact) mass is 395 g/mol. The fourth-order valence-electron chi connectivity index (χ4n) is 2.86. The zero-order chi connectivity index (χ0) is 20.5. The smallest absolute Gasteiger partial charge is 0.290 e. The largest absolute Gasteiger partial charge is 0.326 e. The van der Waals surface area contributed by atoms with Crippen molar-refractivity contribution in [1.82, 2.24) is 19.8 Å². The standard InChI is InChI=1S/C20H15F2N5O2/c1-11-2-7-14(8-15(11)22)23-19(28)10-18-24-25-20(29)17-9-16(26-27(17)18)12-3-5-13(21)6-4-12/h2-9H,10H2,1H3,(H,23,28)(H,25,29). The molecule has 0 saturated heterocycles. The first-order valence-corrected chi connectivity index (χ1v) is 8.70. The average molecular weight is 395 g/mol. The van der Waals surface area contributed by atoms with Crippen molar-refractivity contribution in [3.8, 4) is 11.3 Å². The topological polar surface area (TPSA) is 92.1 Å². The quantitative estimate of drug-likeness (QED) is 0.556. The third-order valence-corrected chi connectivity index (χ3v) is 4.39. The highest BCUT2D eigenvalue weighted by Gasteiger charge is 2.15. The lowest BCUT2D eigenvalue weighted by molar-refractivity contribution is -0.115. The van der Waals surface area contributed by atoms with Crippen molar-refractivity contribution in [3.63, 3.8) is 0 Å². The number of halogens is 2. The van der Waals surface area contributed by atoms with Crippen LogP contribution in [-0.4, -0.2) is 25.7 Å². The van der Waals surface area contributed by atoms with Crippen LogP contribution in [-0.2, 0) is 11.2 Å². The Kier molecular flexibility index (Phi) is 4.63. The van der Waals surface area contributed by atoms with Gasteiger partial charge in [-0.15, -0.1) is 0 Å². The number of hydrogen-bond acceptors (Lipinski definition) is 4. The molecule has 0 unspecified atom stereocenters. The molecule has 146 valence electrons. The number of nitrogens with zero attached hydrogens (tertiary/aromatic N) is 3. The van der Waals surface area contributed by atoms with Gasteiger partial charge in [-0.05, 0) is 55.0 Å². The fraction of sp³-hybridized carbons (Fsp3) is 0.100. The van der Waals surface area contributed by atoms with Gasteiger partial charge in [0.15, 0.2) is 5.82 Å². The van der Waals surface area contributed by atoms with Crippen LogP contribution in [0.5, 0.6) is 0 Å². The summed E-state index contributed by atoms with van der Waals surface area (Å²) in [5.41, 5.74) is 1.55. The van der Waals surface area contributed by atoms with E-state index in [1.807, 2.05) is 0 Å². The Bertz CT molecular complexity index is 1280. The lowest BCUT2D eigenvalue weighted by atomic mass is 10.1. The third kappa shape index (κ3) is 3.75. The van der Waals surface area contributed by atoms with E-state index >= 15 is 0 Å². The first kappa shape index (κ1) is 18.5. The lowest BCUT2D eigenvalue weighted by Crippen LogP contribution is -2.22. The van der Waals surface area contributed by atoms with Crippen LogP contribution < -0.4 is 10.9 Å². The molecule has 4 rings (SSSR count). The van der Waals surface area contributed by atoms with Gasteiger partial charge in [-0.3, -0.25) is 9.59 Å². The molecule has 2 aromatic carbocycles. The highest BCUT2D eigenvalue weighted by Crippen LogP contribution is 2.19. The van der Waals surface area contributed by atoms with Gasteiger partial charge in [-0.2, -0.15) is 10.2 Å². The highest BCUT2D eigenvalue weighted by molar-refractivity contribution is 5.91. The highest BCUT2D eigenvalue weighted by atomic mass is 19.1. The number of nitrogens with one attached hydrogen (secondary N) is 2. The number of H-pyrrole nitrogens is 1. The van der Waals surface area contributed by atoms with Crippen LogP contribution in [0, 0.1) is 18.6 Å². The van der Waals surface area contributed by atoms with Gasteiger partial charge in [0.1, 0.15) is 17.2 Å². The molecule has 7 nitrogen and oxygen atoms in total. The number of fused-ring (bicyclic) bond motifs is 1. The molecule has 0 aliphatic carbocycles.